The van der Waals surface area contributed by atoms with E-state index < -0.39 is 29.7 Å². The molecule has 10 heteroatoms. The van der Waals surface area contributed by atoms with Gasteiger partial charge in [-0.25, -0.2) is 0 Å². The lowest BCUT2D eigenvalue weighted by Gasteiger charge is -2.25. The molecule has 2 N–H and O–H groups in total. The Balaban J connectivity index is 1.65. The van der Waals surface area contributed by atoms with Gasteiger partial charge in [-0.1, -0.05) is 0 Å². The van der Waals surface area contributed by atoms with Gasteiger partial charge >= 0.3 is 6.18 Å². The summed E-state index contributed by atoms with van der Waals surface area (Å²) in [6.45, 7) is 0. The summed E-state index contributed by atoms with van der Waals surface area (Å²) in [6, 6.07) is 2.76. The molecule has 2 atom stereocenters. The van der Waals surface area contributed by atoms with Gasteiger partial charge < -0.3 is 15.5 Å². The molecule has 140 valence electrons. The van der Waals surface area contributed by atoms with E-state index in [1.165, 1.54) is 28.8 Å². The number of halogens is 3. The van der Waals surface area contributed by atoms with Crippen molar-refractivity contribution in [2.45, 2.75) is 31.1 Å². The fourth-order valence-corrected chi connectivity index (χ4v) is 4.01. The topological polar surface area (TPSA) is 78.5 Å². The fraction of sp³-hybridized carbons (Fsp3) is 0.438. The molecule has 0 aromatic heterocycles. The van der Waals surface area contributed by atoms with Crippen LogP contribution in [0.1, 0.15) is 18.4 Å². The first-order chi connectivity index (χ1) is 12.3. The van der Waals surface area contributed by atoms with Crippen LogP contribution < -0.4 is 10.6 Å². The SMILES string of the molecule is O=C1CC[C@@H](C(=O)N2CSC[C@H]2C(=O)Nc2ccc(C(F)(F)F)cc2)N1. The number of carbonyl (C=O) groups excluding carboxylic acids is 3. The molecule has 6 nitrogen and oxygen atoms in total. The summed E-state index contributed by atoms with van der Waals surface area (Å²) in [5, 5.41) is 5.13. The molecular formula is C16H16F3N3O3S. The average molecular weight is 387 g/mol. The molecule has 1 aromatic rings. The van der Waals surface area contributed by atoms with Crippen molar-refractivity contribution in [3.8, 4) is 0 Å². The smallest absolute Gasteiger partial charge is 0.344 e. The summed E-state index contributed by atoms with van der Waals surface area (Å²) in [6.07, 6.45) is -3.77. The Morgan fingerprint density at radius 1 is 1.23 bits per heavy atom. The van der Waals surface area contributed by atoms with Crippen molar-refractivity contribution >= 4 is 35.2 Å². The third kappa shape index (κ3) is 3.95. The lowest BCUT2D eigenvalue weighted by atomic mass is 10.1. The van der Waals surface area contributed by atoms with Crippen LogP contribution in [0.25, 0.3) is 0 Å². The molecule has 2 aliphatic rings. The molecule has 0 spiro atoms. The molecule has 0 radical (unpaired) electrons. The first-order valence-electron chi connectivity index (χ1n) is 7.91. The van der Waals surface area contributed by atoms with Gasteiger partial charge in [-0.05, 0) is 30.7 Å². The first kappa shape index (κ1) is 18.6. The maximum atomic E-state index is 12.6. The number of benzene rings is 1. The normalized spacial score (nSPS) is 23.0. The minimum absolute atomic E-state index is 0.194. The number of thioether (sulfide) groups is 1. The van der Waals surface area contributed by atoms with Crippen molar-refractivity contribution in [1.29, 1.82) is 0 Å². The van der Waals surface area contributed by atoms with Gasteiger partial charge in [0.2, 0.25) is 17.7 Å². The Kier molecular flexibility index (Phi) is 5.12. The Morgan fingerprint density at radius 3 is 2.50 bits per heavy atom. The van der Waals surface area contributed by atoms with Crippen molar-refractivity contribution < 1.29 is 27.6 Å². The van der Waals surface area contributed by atoms with Crippen molar-refractivity contribution in [3.05, 3.63) is 29.8 Å². The van der Waals surface area contributed by atoms with E-state index in [1.54, 1.807) is 0 Å². The maximum absolute atomic E-state index is 12.6. The molecule has 0 bridgehead atoms. The second-order valence-electron chi connectivity index (χ2n) is 6.05. The molecule has 2 fully saturated rings. The van der Waals surface area contributed by atoms with E-state index in [4.69, 9.17) is 0 Å². The molecule has 2 aliphatic heterocycles. The van der Waals surface area contributed by atoms with Crippen LogP contribution in [0, 0.1) is 0 Å². The highest BCUT2D eigenvalue weighted by molar-refractivity contribution is 7.99. The predicted molar refractivity (Wildman–Crippen MR) is 89.2 cm³/mol. The molecule has 3 rings (SSSR count). The van der Waals surface area contributed by atoms with E-state index in [0.29, 0.717) is 18.1 Å². The van der Waals surface area contributed by atoms with Crippen LogP contribution in [0.15, 0.2) is 24.3 Å². The highest BCUT2D eigenvalue weighted by Crippen LogP contribution is 2.30. The van der Waals surface area contributed by atoms with E-state index in [2.05, 4.69) is 10.6 Å². The molecule has 1 aromatic carbocycles. The van der Waals surface area contributed by atoms with Crippen molar-refractivity contribution in [2.75, 3.05) is 16.9 Å². The summed E-state index contributed by atoms with van der Waals surface area (Å²) in [4.78, 5) is 37.7. The first-order valence-corrected chi connectivity index (χ1v) is 9.07. The molecule has 0 aliphatic carbocycles. The lowest BCUT2D eigenvalue weighted by Crippen LogP contribution is -2.50. The molecule has 2 heterocycles. The van der Waals surface area contributed by atoms with Crippen LogP contribution in [0.3, 0.4) is 0 Å². The zero-order valence-corrected chi connectivity index (χ0v) is 14.3. The molecule has 2 saturated heterocycles. The van der Waals surface area contributed by atoms with Crippen molar-refractivity contribution in [2.24, 2.45) is 0 Å². The third-order valence-electron chi connectivity index (χ3n) is 4.24. The molecule has 0 saturated carbocycles. The summed E-state index contributed by atoms with van der Waals surface area (Å²) < 4.78 is 37.7. The average Bonchev–Trinajstić information content (AvgIpc) is 3.23. The van der Waals surface area contributed by atoms with Crippen LogP contribution in [-0.4, -0.2) is 46.3 Å². The highest BCUT2D eigenvalue weighted by atomic mass is 32.2. The van der Waals surface area contributed by atoms with Gasteiger partial charge in [0.1, 0.15) is 12.1 Å². The van der Waals surface area contributed by atoms with Gasteiger partial charge in [0.05, 0.1) is 11.4 Å². The summed E-state index contributed by atoms with van der Waals surface area (Å²) in [5.74, 6) is -0.253. The van der Waals surface area contributed by atoms with Crippen molar-refractivity contribution in [1.82, 2.24) is 10.2 Å². The zero-order chi connectivity index (χ0) is 18.9. The van der Waals surface area contributed by atoms with E-state index in [1.807, 2.05) is 0 Å². The molecule has 3 amide bonds. The van der Waals surface area contributed by atoms with Crippen LogP contribution in [0.5, 0.6) is 0 Å². The maximum Gasteiger partial charge on any atom is 0.416 e. The number of hydrogen-bond acceptors (Lipinski definition) is 4. The van der Waals surface area contributed by atoms with Gasteiger partial charge in [-0.15, -0.1) is 11.8 Å². The molecular weight excluding hydrogens is 371 g/mol. The Morgan fingerprint density at radius 2 is 1.92 bits per heavy atom. The second kappa shape index (κ2) is 7.18. The number of nitrogens with zero attached hydrogens (tertiary/aromatic N) is 1. The molecule has 26 heavy (non-hydrogen) atoms. The number of anilines is 1. The number of nitrogens with one attached hydrogen (secondary N) is 2. The van der Waals surface area contributed by atoms with Gasteiger partial charge in [0.25, 0.3) is 0 Å². The molecule has 0 unspecified atom stereocenters. The van der Waals surface area contributed by atoms with E-state index in [-0.39, 0.29) is 23.9 Å². The van der Waals surface area contributed by atoms with E-state index in [9.17, 15) is 27.6 Å². The number of rotatable bonds is 3. The van der Waals surface area contributed by atoms with Gasteiger partial charge in [-0.3, -0.25) is 14.4 Å². The Labute approximate surface area is 151 Å². The number of hydrogen-bond donors (Lipinski definition) is 2. The number of carbonyl (C=O) groups is 3. The predicted octanol–water partition coefficient (Wildman–Crippen LogP) is 1.82. The third-order valence-corrected chi connectivity index (χ3v) is 5.25. The van der Waals surface area contributed by atoms with E-state index in [0.717, 1.165) is 12.1 Å². The standard InChI is InChI=1S/C16H16F3N3O3S/c17-16(18,19)9-1-3-10(4-2-9)20-14(24)12-7-26-8-22(12)15(25)11-5-6-13(23)21-11/h1-4,11-12H,5-8H2,(H,20,24)(H,21,23)/t11-,12-/m0/s1. The minimum Gasteiger partial charge on any atom is -0.344 e. The summed E-state index contributed by atoms with van der Waals surface area (Å²) in [7, 11) is 0. The van der Waals surface area contributed by atoms with Crippen molar-refractivity contribution in [3.63, 3.8) is 0 Å². The lowest BCUT2D eigenvalue weighted by molar-refractivity contribution is -0.138. The van der Waals surface area contributed by atoms with Crippen LogP contribution in [0.2, 0.25) is 0 Å². The van der Waals surface area contributed by atoms with E-state index >= 15 is 0 Å². The Bertz CT molecular complexity index is 724. The highest BCUT2D eigenvalue weighted by Gasteiger charge is 2.39. The summed E-state index contributed by atoms with van der Waals surface area (Å²) in [5.41, 5.74) is -0.581. The monoisotopic (exact) mass is 387 g/mol. The van der Waals surface area contributed by atoms with Crippen LogP contribution >= 0.6 is 11.8 Å². The Hall–Kier alpha value is -2.23. The second-order valence-corrected chi connectivity index (χ2v) is 7.05. The van der Waals surface area contributed by atoms with Crippen LogP contribution in [0.4, 0.5) is 18.9 Å². The van der Waals surface area contributed by atoms with Gasteiger partial charge in [-0.2, -0.15) is 13.2 Å². The largest absolute Gasteiger partial charge is 0.416 e. The fourth-order valence-electron chi connectivity index (χ4n) is 2.84. The zero-order valence-electron chi connectivity index (χ0n) is 13.5. The minimum atomic E-state index is -4.44. The van der Waals surface area contributed by atoms with Crippen LogP contribution in [-0.2, 0) is 20.6 Å². The van der Waals surface area contributed by atoms with Gasteiger partial charge in [0, 0.05) is 17.9 Å². The number of alkyl halides is 3. The quantitative estimate of drug-likeness (QED) is 0.830. The summed E-state index contributed by atoms with van der Waals surface area (Å²) >= 11 is 1.41. The van der Waals surface area contributed by atoms with Gasteiger partial charge in [0.15, 0.2) is 0 Å². The number of amides is 3.